The normalized spacial score (nSPS) is 12.3. The number of hydrogen-bond donors (Lipinski definition) is 2. The summed E-state index contributed by atoms with van der Waals surface area (Å²) in [7, 11) is 0. The molecule has 0 spiro atoms. The zero-order valence-electron chi connectivity index (χ0n) is 18.8. The third kappa shape index (κ3) is 8.80. The van der Waals surface area contributed by atoms with Crippen LogP contribution < -0.4 is 4.74 Å². The van der Waals surface area contributed by atoms with Crippen LogP contribution in [0.4, 0.5) is 10.5 Å². The van der Waals surface area contributed by atoms with Crippen molar-refractivity contribution in [1.29, 1.82) is 0 Å². The van der Waals surface area contributed by atoms with E-state index < -0.39 is 34.5 Å². The van der Waals surface area contributed by atoms with Crippen LogP contribution in [0.3, 0.4) is 0 Å². The molecule has 0 bridgehead atoms. The lowest BCUT2D eigenvalue weighted by molar-refractivity contribution is -0.384. The fraction of sp³-hybridized carbons (Fsp3) is 0.636. The van der Waals surface area contributed by atoms with E-state index in [-0.39, 0.29) is 31.3 Å². The topological polar surface area (TPSA) is 145 Å². The maximum absolute atomic E-state index is 12.7. The summed E-state index contributed by atoms with van der Waals surface area (Å²) in [6.45, 7) is 4.42. The molecular weight excluding hydrogens is 422 g/mol. The number of non-ortho nitro benzene ring substituents is 1. The van der Waals surface area contributed by atoms with Crippen LogP contribution in [0.1, 0.15) is 52.9 Å². The lowest BCUT2D eigenvalue weighted by Crippen LogP contribution is -2.42. The molecule has 180 valence electrons. The van der Waals surface area contributed by atoms with Gasteiger partial charge in [-0.05, 0) is 38.8 Å². The third-order valence-electron chi connectivity index (χ3n) is 5.10. The summed E-state index contributed by atoms with van der Waals surface area (Å²) in [4.78, 5) is 35.2. The fourth-order valence-corrected chi connectivity index (χ4v) is 2.87. The van der Waals surface area contributed by atoms with Gasteiger partial charge in [-0.15, -0.1) is 0 Å². The first-order valence-corrected chi connectivity index (χ1v) is 10.7. The highest BCUT2D eigenvalue weighted by Gasteiger charge is 2.41. The van der Waals surface area contributed by atoms with E-state index in [1.165, 1.54) is 24.3 Å². The SMILES string of the molecule is CCCCCCC(OC(=O)Oc1ccc([N+](=O)[O-])cc1)C(C)(C)C(=O)OCC(CO)CO. The van der Waals surface area contributed by atoms with E-state index in [0.717, 1.165) is 25.7 Å². The minimum atomic E-state index is -1.21. The standard InChI is InChI=1S/C22H33NO9/c1-4-5-6-7-8-19(22(2,3)20(26)30-15-16(13-24)14-25)32-21(27)31-18-11-9-17(10-12-18)23(28)29/h9-12,16,19,24-25H,4-8,13-15H2,1-3H3. The van der Waals surface area contributed by atoms with Crippen molar-refractivity contribution in [3.63, 3.8) is 0 Å². The van der Waals surface area contributed by atoms with Crippen LogP contribution in [0.5, 0.6) is 5.75 Å². The highest BCUT2D eigenvalue weighted by molar-refractivity contribution is 5.77. The molecule has 0 aliphatic carbocycles. The summed E-state index contributed by atoms with van der Waals surface area (Å²) in [5.74, 6) is -1.15. The summed E-state index contributed by atoms with van der Waals surface area (Å²) in [5, 5.41) is 29.0. The van der Waals surface area contributed by atoms with E-state index >= 15 is 0 Å². The van der Waals surface area contributed by atoms with Crippen molar-refractivity contribution in [2.75, 3.05) is 19.8 Å². The number of aliphatic hydroxyl groups excluding tert-OH is 2. The molecule has 1 aromatic carbocycles. The van der Waals surface area contributed by atoms with E-state index in [1.54, 1.807) is 13.8 Å². The second-order valence-electron chi connectivity index (χ2n) is 8.11. The van der Waals surface area contributed by atoms with Gasteiger partial charge in [-0.2, -0.15) is 0 Å². The van der Waals surface area contributed by atoms with Crippen molar-refractivity contribution >= 4 is 17.8 Å². The van der Waals surface area contributed by atoms with E-state index in [0.29, 0.717) is 6.42 Å². The fourth-order valence-electron chi connectivity index (χ4n) is 2.87. The second kappa shape index (κ2) is 13.6. The molecule has 0 saturated carbocycles. The van der Waals surface area contributed by atoms with E-state index in [9.17, 15) is 19.7 Å². The molecule has 32 heavy (non-hydrogen) atoms. The Kier molecular flexibility index (Phi) is 11.6. The van der Waals surface area contributed by atoms with Crippen LogP contribution in [-0.4, -0.2) is 53.2 Å². The van der Waals surface area contributed by atoms with Gasteiger partial charge in [0.2, 0.25) is 0 Å². The van der Waals surface area contributed by atoms with Gasteiger partial charge in [0.15, 0.2) is 0 Å². The maximum atomic E-state index is 12.7. The zero-order valence-corrected chi connectivity index (χ0v) is 18.8. The van der Waals surface area contributed by atoms with Crippen LogP contribution in [0, 0.1) is 21.4 Å². The first-order chi connectivity index (χ1) is 15.1. The molecule has 0 saturated heterocycles. The number of carbonyl (C=O) groups is 2. The number of nitro groups is 1. The molecule has 0 fully saturated rings. The van der Waals surface area contributed by atoms with Gasteiger partial charge >= 0.3 is 12.1 Å². The quantitative estimate of drug-likeness (QED) is 0.141. The van der Waals surface area contributed by atoms with Crippen LogP contribution in [0.25, 0.3) is 0 Å². The summed E-state index contributed by atoms with van der Waals surface area (Å²) >= 11 is 0. The molecule has 0 heterocycles. The molecule has 2 N–H and O–H groups in total. The molecule has 1 aromatic rings. The van der Waals surface area contributed by atoms with Crippen molar-refractivity contribution in [3.8, 4) is 5.75 Å². The molecule has 0 aliphatic heterocycles. The number of nitrogens with zero attached hydrogens (tertiary/aromatic N) is 1. The Morgan fingerprint density at radius 2 is 1.72 bits per heavy atom. The second-order valence-corrected chi connectivity index (χ2v) is 8.11. The summed E-state index contributed by atoms with van der Waals surface area (Å²) in [5.41, 5.74) is -1.36. The predicted molar refractivity (Wildman–Crippen MR) is 115 cm³/mol. The number of hydrogen-bond acceptors (Lipinski definition) is 9. The molecule has 1 rings (SSSR count). The molecule has 0 aliphatic rings. The molecule has 0 amide bonds. The van der Waals surface area contributed by atoms with Crippen molar-refractivity contribution in [2.24, 2.45) is 11.3 Å². The van der Waals surface area contributed by atoms with Crippen LogP contribution in [-0.2, 0) is 14.3 Å². The predicted octanol–water partition coefficient (Wildman–Crippen LogP) is 3.62. The van der Waals surface area contributed by atoms with Gasteiger partial charge in [-0.1, -0.05) is 26.2 Å². The van der Waals surface area contributed by atoms with Crippen molar-refractivity contribution in [2.45, 2.75) is 59.0 Å². The van der Waals surface area contributed by atoms with E-state index in [4.69, 9.17) is 24.4 Å². The first kappa shape index (κ1) is 27.3. The number of carbonyl (C=O) groups excluding carboxylic acids is 2. The Labute approximate surface area is 187 Å². The Bertz CT molecular complexity index is 729. The van der Waals surface area contributed by atoms with Gasteiger partial charge in [0.25, 0.3) is 5.69 Å². The van der Waals surface area contributed by atoms with Gasteiger partial charge in [0.05, 0.1) is 30.2 Å². The number of benzene rings is 1. The smallest absolute Gasteiger partial charge is 0.465 e. The Hall–Kier alpha value is -2.72. The average molecular weight is 456 g/mol. The van der Waals surface area contributed by atoms with Crippen LogP contribution >= 0.6 is 0 Å². The maximum Gasteiger partial charge on any atom is 0.514 e. The van der Waals surface area contributed by atoms with Crippen molar-refractivity contribution in [3.05, 3.63) is 34.4 Å². The molecule has 10 heteroatoms. The Balaban J connectivity index is 2.85. The average Bonchev–Trinajstić information content (AvgIpc) is 2.76. The number of ether oxygens (including phenoxy) is 3. The molecular formula is C22H33NO9. The summed E-state index contributed by atoms with van der Waals surface area (Å²) in [6, 6.07) is 4.95. The van der Waals surface area contributed by atoms with E-state index in [1.807, 2.05) is 0 Å². The largest absolute Gasteiger partial charge is 0.514 e. The minimum absolute atomic E-state index is 0.0689. The van der Waals surface area contributed by atoms with Crippen LogP contribution in [0.2, 0.25) is 0 Å². The highest BCUT2D eigenvalue weighted by atomic mass is 16.7. The highest BCUT2D eigenvalue weighted by Crippen LogP contribution is 2.30. The first-order valence-electron chi connectivity index (χ1n) is 10.7. The number of nitro benzene ring substituents is 1. The van der Waals surface area contributed by atoms with Gasteiger partial charge in [-0.25, -0.2) is 4.79 Å². The molecule has 10 nitrogen and oxygen atoms in total. The van der Waals surface area contributed by atoms with Crippen molar-refractivity contribution < 1.29 is 38.9 Å². The number of aliphatic hydroxyl groups is 2. The monoisotopic (exact) mass is 455 g/mol. The van der Waals surface area contributed by atoms with Gasteiger partial charge < -0.3 is 24.4 Å². The molecule has 1 atom stereocenters. The molecule has 1 unspecified atom stereocenters. The Morgan fingerprint density at radius 1 is 1.09 bits per heavy atom. The number of esters is 1. The lowest BCUT2D eigenvalue weighted by Gasteiger charge is -2.32. The zero-order chi connectivity index (χ0) is 24.1. The third-order valence-corrected chi connectivity index (χ3v) is 5.10. The molecule has 0 aromatic heterocycles. The van der Waals surface area contributed by atoms with E-state index in [2.05, 4.69) is 6.92 Å². The van der Waals surface area contributed by atoms with Gasteiger partial charge in [0, 0.05) is 18.1 Å². The lowest BCUT2D eigenvalue weighted by atomic mass is 9.83. The number of unbranched alkanes of at least 4 members (excludes halogenated alkanes) is 3. The van der Waals surface area contributed by atoms with Crippen molar-refractivity contribution in [1.82, 2.24) is 0 Å². The Morgan fingerprint density at radius 3 is 2.25 bits per heavy atom. The minimum Gasteiger partial charge on any atom is -0.465 e. The number of rotatable bonds is 14. The molecule has 0 radical (unpaired) electrons. The van der Waals surface area contributed by atoms with Gasteiger partial charge in [-0.3, -0.25) is 14.9 Å². The summed E-state index contributed by atoms with van der Waals surface area (Å²) < 4.78 is 15.8. The summed E-state index contributed by atoms with van der Waals surface area (Å²) in [6.07, 6.45) is 2.15. The van der Waals surface area contributed by atoms with Crippen LogP contribution in [0.15, 0.2) is 24.3 Å². The van der Waals surface area contributed by atoms with Gasteiger partial charge in [0.1, 0.15) is 11.9 Å².